The highest BCUT2D eigenvalue weighted by atomic mass is 16.5. The largest absolute Gasteiger partial charge is 0.380 e. The molecule has 16 heavy (non-hydrogen) atoms. The summed E-state index contributed by atoms with van der Waals surface area (Å²) in [6, 6.07) is 1.47. The summed E-state index contributed by atoms with van der Waals surface area (Å²) in [5.41, 5.74) is 0. The molecule has 2 rings (SSSR count). The third-order valence-electron chi connectivity index (χ3n) is 4.22. The summed E-state index contributed by atoms with van der Waals surface area (Å²) in [6.07, 6.45) is 8.70. The van der Waals surface area contributed by atoms with Crippen LogP contribution in [-0.2, 0) is 4.74 Å². The van der Waals surface area contributed by atoms with Gasteiger partial charge in [0, 0.05) is 32.3 Å². The van der Waals surface area contributed by atoms with Gasteiger partial charge < -0.3 is 15.0 Å². The first kappa shape index (κ1) is 12.3. The zero-order chi connectivity index (χ0) is 11.4. The minimum atomic E-state index is 0.435. The number of ether oxygens (including phenoxy) is 1. The Kier molecular flexibility index (Phi) is 4.62. The van der Waals surface area contributed by atoms with Crippen LogP contribution in [0.25, 0.3) is 0 Å². The van der Waals surface area contributed by atoms with E-state index < -0.39 is 0 Å². The highest BCUT2D eigenvalue weighted by Gasteiger charge is 2.27. The standard InChI is InChI=1S/C13H26N2O/c1-15(12-6-4-3-5-7-12)10-11-8-13(16-2)9-14-11/h11-14H,3-10H2,1-2H3. The zero-order valence-electron chi connectivity index (χ0n) is 10.7. The van der Waals surface area contributed by atoms with E-state index in [1.54, 1.807) is 0 Å². The van der Waals surface area contributed by atoms with E-state index in [2.05, 4.69) is 17.3 Å². The quantitative estimate of drug-likeness (QED) is 0.788. The van der Waals surface area contributed by atoms with Crippen LogP contribution >= 0.6 is 0 Å². The first-order valence-corrected chi connectivity index (χ1v) is 6.76. The first-order chi connectivity index (χ1) is 7.79. The topological polar surface area (TPSA) is 24.5 Å². The second kappa shape index (κ2) is 5.99. The fourth-order valence-electron chi connectivity index (χ4n) is 3.12. The molecule has 0 radical (unpaired) electrons. The molecule has 94 valence electrons. The molecule has 3 nitrogen and oxygen atoms in total. The van der Waals surface area contributed by atoms with Gasteiger partial charge in [-0.2, -0.15) is 0 Å². The molecule has 1 aliphatic heterocycles. The molecule has 1 aliphatic carbocycles. The average Bonchev–Trinajstić information content (AvgIpc) is 2.78. The van der Waals surface area contributed by atoms with Gasteiger partial charge in [0.15, 0.2) is 0 Å². The van der Waals surface area contributed by atoms with Crippen LogP contribution in [0.3, 0.4) is 0 Å². The molecule has 2 atom stereocenters. The SMILES string of the molecule is COC1CNC(CN(C)C2CCCCC2)C1. The minimum absolute atomic E-state index is 0.435. The van der Waals surface area contributed by atoms with Gasteiger partial charge in [-0.05, 0) is 26.3 Å². The van der Waals surface area contributed by atoms with Crippen LogP contribution in [0.5, 0.6) is 0 Å². The van der Waals surface area contributed by atoms with Crippen molar-refractivity contribution in [3.63, 3.8) is 0 Å². The van der Waals surface area contributed by atoms with Crippen molar-refractivity contribution < 1.29 is 4.74 Å². The van der Waals surface area contributed by atoms with Crippen molar-refractivity contribution >= 4 is 0 Å². The average molecular weight is 226 g/mol. The van der Waals surface area contributed by atoms with Crippen LogP contribution in [0, 0.1) is 0 Å². The van der Waals surface area contributed by atoms with Gasteiger partial charge >= 0.3 is 0 Å². The van der Waals surface area contributed by atoms with Crippen molar-refractivity contribution in [1.82, 2.24) is 10.2 Å². The molecule has 2 unspecified atom stereocenters. The van der Waals surface area contributed by atoms with Crippen LogP contribution in [0.4, 0.5) is 0 Å². The van der Waals surface area contributed by atoms with Crippen molar-refractivity contribution in [1.29, 1.82) is 0 Å². The lowest BCUT2D eigenvalue weighted by Gasteiger charge is -2.32. The lowest BCUT2D eigenvalue weighted by Crippen LogP contribution is -2.41. The Morgan fingerprint density at radius 1 is 1.25 bits per heavy atom. The summed E-state index contributed by atoms with van der Waals surface area (Å²) < 4.78 is 5.39. The number of hydrogen-bond donors (Lipinski definition) is 1. The van der Waals surface area contributed by atoms with E-state index in [-0.39, 0.29) is 0 Å². The molecule has 2 fully saturated rings. The molecule has 0 bridgehead atoms. The van der Waals surface area contributed by atoms with Gasteiger partial charge in [0.05, 0.1) is 6.10 Å². The van der Waals surface area contributed by atoms with Gasteiger partial charge in [0.1, 0.15) is 0 Å². The third kappa shape index (κ3) is 3.19. The number of likely N-dealkylation sites (N-methyl/N-ethyl adjacent to an activating group) is 1. The Bertz CT molecular complexity index is 204. The maximum atomic E-state index is 5.39. The summed E-state index contributed by atoms with van der Waals surface area (Å²) in [6.45, 7) is 2.21. The predicted octanol–water partition coefficient (Wildman–Crippen LogP) is 1.63. The lowest BCUT2D eigenvalue weighted by atomic mass is 9.94. The number of rotatable bonds is 4. The Morgan fingerprint density at radius 3 is 2.62 bits per heavy atom. The maximum Gasteiger partial charge on any atom is 0.0711 e. The van der Waals surface area contributed by atoms with Crippen molar-refractivity contribution in [2.24, 2.45) is 0 Å². The summed E-state index contributed by atoms with van der Waals surface area (Å²) in [4.78, 5) is 2.56. The molecule has 1 heterocycles. The van der Waals surface area contributed by atoms with Gasteiger partial charge in [-0.1, -0.05) is 19.3 Å². The number of nitrogens with zero attached hydrogens (tertiary/aromatic N) is 1. The van der Waals surface area contributed by atoms with E-state index in [1.807, 2.05) is 7.11 Å². The zero-order valence-corrected chi connectivity index (χ0v) is 10.7. The number of hydrogen-bond acceptors (Lipinski definition) is 3. The fraction of sp³-hybridized carbons (Fsp3) is 1.00. The van der Waals surface area contributed by atoms with Crippen LogP contribution < -0.4 is 5.32 Å². The highest BCUT2D eigenvalue weighted by molar-refractivity contribution is 4.86. The van der Waals surface area contributed by atoms with E-state index in [9.17, 15) is 0 Å². The number of nitrogens with one attached hydrogen (secondary N) is 1. The van der Waals surface area contributed by atoms with Crippen LogP contribution in [0.2, 0.25) is 0 Å². The Hall–Kier alpha value is -0.120. The molecule has 1 N–H and O–H groups in total. The van der Waals surface area contributed by atoms with Crippen LogP contribution in [-0.4, -0.2) is 50.3 Å². The minimum Gasteiger partial charge on any atom is -0.380 e. The van der Waals surface area contributed by atoms with Crippen molar-refractivity contribution in [3.05, 3.63) is 0 Å². The van der Waals surface area contributed by atoms with E-state index in [4.69, 9.17) is 4.74 Å². The second-order valence-electron chi connectivity index (χ2n) is 5.43. The lowest BCUT2D eigenvalue weighted by molar-refractivity contribution is 0.113. The third-order valence-corrected chi connectivity index (χ3v) is 4.22. The molecule has 0 aromatic rings. The molecule has 0 spiro atoms. The van der Waals surface area contributed by atoms with E-state index >= 15 is 0 Å². The van der Waals surface area contributed by atoms with Gasteiger partial charge in [0.25, 0.3) is 0 Å². The predicted molar refractivity (Wildman–Crippen MR) is 66.7 cm³/mol. The van der Waals surface area contributed by atoms with Crippen molar-refractivity contribution in [2.75, 3.05) is 27.2 Å². The van der Waals surface area contributed by atoms with E-state index in [1.165, 1.54) is 45.1 Å². The Balaban J connectivity index is 1.72. The molecule has 0 aromatic carbocycles. The Labute approximate surface area is 99.5 Å². The molecule has 0 amide bonds. The van der Waals surface area contributed by atoms with Crippen molar-refractivity contribution in [3.8, 4) is 0 Å². The molecule has 3 heteroatoms. The Morgan fingerprint density at radius 2 is 2.00 bits per heavy atom. The van der Waals surface area contributed by atoms with Gasteiger partial charge in [0.2, 0.25) is 0 Å². The first-order valence-electron chi connectivity index (χ1n) is 6.76. The maximum absolute atomic E-state index is 5.39. The molecule has 1 saturated heterocycles. The summed E-state index contributed by atoms with van der Waals surface area (Å²) in [5, 5.41) is 3.56. The fourth-order valence-corrected chi connectivity index (χ4v) is 3.12. The second-order valence-corrected chi connectivity index (χ2v) is 5.43. The van der Waals surface area contributed by atoms with Gasteiger partial charge in [-0.3, -0.25) is 0 Å². The van der Waals surface area contributed by atoms with Crippen molar-refractivity contribution in [2.45, 2.75) is 56.7 Å². The number of methoxy groups -OCH3 is 1. The summed E-state index contributed by atoms with van der Waals surface area (Å²) in [5.74, 6) is 0. The molecular formula is C13H26N2O. The highest BCUT2D eigenvalue weighted by Crippen LogP contribution is 2.22. The normalized spacial score (nSPS) is 32.4. The molecule has 0 aromatic heterocycles. The monoisotopic (exact) mass is 226 g/mol. The van der Waals surface area contributed by atoms with E-state index in [0.29, 0.717) is 12.1 Å². The molecular weight excluding hydrogens is 200 g/mol. The summed E-state index contributed by atoms with van der Waals surface area (Å²) in [7, 11) is 4.11. The smallest absolute Gasteiger partial charge is 0.0711 e. The van der Waals surface area contributed by atoms with E-state index in [0.717, 1.165) is 12.6 Å². The summed E-state index contributed by atoms with van der Waals surface area (Å²) >= 11 is 0. The van der Waals surface area contributed by atoms with Gasteiger partial charge in [-0.25, -0.2) is 0 Å². The molecule has 1 saturated carbocycles. The molecule has 2 aliphatic rings. The van der Waals surface area contributed by atoms with Crippen LogP contribution in [0.15, 0.2) is 0 Å². The van der Waals surface area contributed by atoms with Crippen LogP contribution in [0.1, 0.15) is 38.5 Å². The van der Waals surface area contributed by atoms with Gasteiger partial charge in [-0.15, -0.1) is 0 Å².